The van der Waals surface area contributed by atoms with Crippen molar-refractivity contribution in [2.45, 2.75) is 49.2 Å². The fourth-order valence-electron chi connectivity index (χ4n) is 4.46. The van der Waals surface area contributed by atoms with Gasteiger partial charge in [-0.2, -0.15) is 4.31 Å². The molecule has 1 aliphatic carbocycles. The highest BCUT2D eigenvalue weighted by molar-refractivity contribution is 7.89. The van der Waals surface area contributed by atoms with Gasteiger partial charge in [-0.05, 0) is 49.8 Å². The van der Waals surface area contributed by atoms with Crippen molar-refractivity contribution in [1.82, 2.24) is 9.62 Å². The van der Waals surface area contributed by atoms with Crippen LogP contribution in [0.3, 0.4) is 0 Å². The number of fused-ring (bicyclic) bond motifs is 2. The van der Waals surface area contributed by atoms with Crippen LogP contribution in [0.15, 0.2) is 65.6 Å². The zero-order valence-corrected chi connectivity index (χ0v) is 16.1. The summed E-state index contributed by atoms with van der Waals surface area (Å²) in [5.41, 5.74) is 1.01. The molecule has 4 rings (SSSR count). The van der Waals surface area contributed by atoms with Crippen molar-refractivity contribution in [2.24, 2.45) is 5.92 Å². The van der Waals surface area contributed by atoms with Gasteiger partial charge in [0.2, 0.25) is 15.9 Å². The molecule has 0 spiro atoms. The molecule has 1 saturated heterocycles. The van der Waals surface area contributed by atoms with Crippen LogP contribution in [0.4, 0.5) is 0 Å². The third kappa shape index (κ3) is 3.28. The Morgan fingerprint density at radius 1 is 1.04 bits per heavy atom. The van der Waals surface area contributed by atoms with Gasteiger partial charge in [-0.25, -0.2) is 8.42 Å². The molecular formula is C21H24N2O3S. The Balaban J connectivity index is 1.60. The van der Waals surface area contributed by atoms with Crippen LogP contribution < -0.4 is 5.32 Å². The van der Waals surface area contributed by atoms with E-state index in [1.165, 1.54) is 4.31 Å². The zero-order chi connectivity index (χ0) is 19.0. The molecule has 2 fully saturated rings. The van der Waals surface area contributed by atoms with Crippen molar-refractivity contribution in [3.63, 3.8) is 0 Å². The molecule has 2 aromatic carbocycles. The summed E-state index contributed by atoms with van der Waals surface area (Å²) in [6.45, 7) is 1.93. The van der Waals surface area contributed by atoms with Crippen LogP contribution >= 0.6 is 0 Å². The topological polar surface area (TPSA) is 66.5 Å². The van der Waals surface area contributed by atoms with Crippen molar-refractivity contribution >= 4 is 15.9 Å². The van der Waals surface area contributed by atoms with E-state index in [1.54, 1.807) is 30.3 Å². The van der Waals surface area contributed by atoms with Crippen LogP contribution in [-0.4, -0.2) is 30.7 Å². The van der Waals surface area contributed by atoms with E-state index in [0.717, 1.165) is 24.8 Å². The standard InChI is InChI=1S/C21H24N2O3S/c1-15(16-8-4-2-5-9-16)22-21(24)20-17-12-13-18(14-17)23(20)27(25,26)19-10-6-3-7-11-19/h2-11,15,17-18,20H,12-14H2,1H3,(H,22,24)/t15-,17+,18+,20-/m1/s1. The van der Waals surface area contributed by atoms with Crippen LogP contribution in [0.25, 0.3) is 0 Å². The summed E-state index contributed by atoms with van der Waals surface area (Å²) in [5.74, 6) is -0.102. The summed E-state index contributed by atoms with van der Waals surface area (Å²) >= 11 is 0. The molecule has 27 heavy (non-hydrogen) atoms. The number of carbonyl (C=O) groups is 1. The molecule has 0 aromatic heterocycles. The van der Waals surface area contributed by atoms with Crippen LogP contribution in [0.1, 0.15) is 37.8 Å². The Kier molecular flexibility index (Phi) is 4.78. The molecule has 1 saturated carbocycles. The molecule has 6 heteroatoms. The fourth-order valence-corrected chi connectivity index (χ4v) is 6.35. The Morgan fingerprint density at radius 3 is 2.33 bits per heavy atom. The first-order chi connectivity index (χ1) is 13.0. The van der Waals surface area contributed by atoms with Gasteiger partial charge in [0.05, 0.1) is 10.9 Å². The quantitative estimate of drug-likeness (QED) is 0.861. The monoisotopic (exact) mass is 384 g/mol. The lowest BCUT2D eigenvalue weighted by Crippen LogP contribution is -2.52. The summed E-state index contributed by atoms with van der Waals surface area (Å²) in [5, 5.41) is 3.03. The largest absolute Gasteiger partial charge is 0.348 e. The number of benzene rings is 2. The third-order valence-corrected chi connectivity index (χ3v) is 7.72. The Morgan fingerprint density at radius 2 is 1.67 bits per heavy atom. The van der Waals surface area contributed by atoms with Crippen molar-refractivity contribution in [1.29, 1.82) is 0 Å². The Bertz CT molecular complexity index is 915. The predicted molar refractivity (Wildman–Crippen MR) is 103 cm³/mol. The maximum absolute atomic E-state index is 13.2. The second-order valence-electron chi connectivity index (χ2n) is 7.46. The molecule has 4 atom stereocenters. The minimum atomic E-state index is -3.69. The highest BCUT2D eigenvalue weighted by Crippen LogP contribution is 2.45. The number of hydrogen-bond donors (Lipinski definition) is 1. The van der Waals surface area contributed by atoms with E-state index in [-0.39, 0.29) is 28.8 Å². The molecule has 5 nitrogen and oxygen atoms in total. The van der Waals surface area contributed by atoms with Gasteiger partial charge in [0, 0.05) is 6.04 Å². The summed E-state index contributed by atoms with van der Waals surface area (Å²) < 4.78 is 28.0. The molecule has 0 radical (unpaired) electrons. The minimum absolute atomic E-state index is 0.0806. The van der Waals surface area contributed by atoms with Gasteiger partial charge in [0.1, 0.15) is 6.04 Å². The Labute approximate surface area is 160 Å². The summed E-state index contributed by atoms with van der Waals surface area (Å²) in [7, 11) is -3.69. The molecule has 0 unspecified atom stereocenters. The fraction of sp³-hybridized carbons (Fsp3) is 0.381. The second-order valence-corrected chi connectivity index (χ2v) is 9.30. The molecule has 1 aliphatic heterocycles. The number of nitrogens with one attached hydrogen (secondary N) is 1. The van der Waals surface area contributed by atoms with Crippen molar-refractivity contribution in [3.8, 4) is 0 Å². The summed E-state index contributed by atoms with van der Waals surface area (Å²) in [6.07, 6.45) is 2.50. The number of rotatable bonds is 5. The van der Waals surface area contributed by atoms with Crippen molar-refractivity contribution in [2.75, 3.05) is 0 Å². The lowest BCUT2D eigenvalue weighted by molar-refractivity contribution is -0.126. The minimum Gasteiger partial charge on any atom is -0.348 e. The number of hydrogen-bond acceptors (Lipinski definition) is 3. The van der Waals surface area contributed by atoms with E-state index in [2.05, 4.69) is 5.32 Å². The summed E-state index contributed by atoms with van der Waals surface area (Å²) in [4.78, 5) is 13.3. The zero-order valence-electron chi connectivity index (χ0n) is 15.3. The van der Waals surface area contributed by atoms with Crippen molar-refractivity contribution in [3.05, 3.63) is 66.2 Å². The van der Waals surface area contributed by atoms with Crippen molar-refractivity contribution < 1.29 is 13.2 Å². The lowest BCUT2D eigenvalue weighted by Gasteiger charge is -2.34. The van der Waals surface area contributed by atoms with E-state index < -0.39 is 16.1 Å². The third-order valence-electron chi connectivity index (χ3n) is 5.77. The van der Waals surface area contributed by atoms with Gasteiger partial charge >= 0.3 is 0 Å². The maximum atomic E-state index is 13.2. The van der Waals surface area contributed by atoms with Crippen LogP contribution in [0.5, 0.6) is 0 Å². The first-order valence-electron chi connectivity index (χ1n) is 9.42. The maximum Gasteiger partial charge on any atom is 0.244 e. The van der Waals surface area contributed by atoms with Gasteiger partial charge in [0.25, 0.3) is 0 Å². The highest BCUT2D eigenvalue weighted by atomic mass is 32.2. The number of piperidine rings is 1. The van der Waals surface area contributed by atoms with E-state index in [9.17, 15) is 13.2 Å². The van der Waals surface area contributed by atoms with E-state index in [0.29, 0.717) is 0 Å². The molecule has 2 bridgehead atoms. The van der Waals surface area contributed by atoms with Gasteiger partial charge in [-0.15, -0.1) is 0 Å². The second kappa shape index (κ2) is 7.09. The number of amides is 1. The molecular weight excluding hydrogens is 360 g/mol. The molecule has 1 amide bonds. The molecule has 1 N–H and O–H groups in total. The summed E-state index contributed by atoms with van der Waals surface area (Å²) in [6, 6.07) is 17.3. The average Bonchev–Trinajstić information content (AvgIpc) is 3.31. The molecule has 142 valence electrons. The van der Waals surface area contributed by atoms with E-state index in [1.807, 2.05) is 37.3 Å². The van der Waals surface area contributed by atoms with Crippen LogP contribution in [0, 0.1) is 5.92 Å². The molecule has 2 aromatic rings. The van der Waals surface area contributed by atoms with Gasteiger partial charge in [-0.1, -0.05) is 48.5 Å². The number of sulfonamides is 1. The number of carbonyl (C=O) groups excluding carboxylic acids is 1. The van der Waals surface area contributed by atoms with Gasteiger partial charge < -0.3 is 5.32 Å². The van der Waals surface area contributed by atoms with Crippen LogP contribution in [-0.2, 0) is 14.8 Å². The smallest absolute Gasteiger partial charge is 0.244 e. The van der Waals surface area contributed by atoms with E-state index in [4.69, 9.17) is 0 Å². The van der Waals surface area contributed by atoms with E-state index >= 15 is 0 Å². The first kappa shape index (κ1) is 18.2. The highest BCUT2D eigenvalue weighted by Gasteiger charge is 2.54. The molecule has 1 heterocycles. The average molecular weight is 385 g/mol. The number of nitrogens with zero attached hydrogens (tertiary/aromatic N) is 1. The van der Waals surface area contributed by atoms with Crippen LogP contribution in [0.2, 0.25) is 0 Å². The first-order valence-corrected chi connectivity index (χ1v) is 10.9. The normalized spacial score (nSPS) is 26.0. The van der Waals surface area contributed by atoms with Gasteiger partial charge in [-0.3, -0.25) is 4.79 Å². The molecule has 2 aliphatic rings. The lowest BCUT2D eigenvalue weighted by atomic mass is 9.98. The predicted octanol–water partition coefficient (Wildman–Crippen LogP) is 3.11. The van der Waals surface area contributed by atoms with Gasteiger partial charge in [0.15, 0.2) is 0 Å². The SMILES string of the molecule is C[C@@H](NC(=O)[C@H]1[C@H]2CC[C@@H](C2)N1S(=O)(=O)c1ccccc1)c1ccccc1. The Hall–Kier alpha value is -2.18.